The second-order valence-corrected chi connectivity index (χ2v) is 12.9. The lowest BCUT2D eigenvalue weighted by molar-refractivity contribution is -0.132. The molecule has 0 unspecified atom stereocenters. The van der Waals surface area contributed by atoms with Crippen molar-refractivity contribution in [3.05, 3.63) is 156 Å². The van der Waals surface area contributed by atoms with Crippen molar-refractivity contribution in [3.63, 3.8) is 0 Å². The molecule has 8 heteroatoms. The minimum absolute atomic E-state index is 0.217. The SMILES string of the molecule is COc1ccc(C2=C(c3ccc(OC)cc3)[C@]3(c4ccccc4)C(=O)[C@@]2(c2ccccc2)[C@@H]2C(=O)N(c4ccc(OC(C)=O)cc4)C(=O)[C@@H]23)cc1. The molecule has 8 rings (SSSR count). The number of benzene rings is 5. The van der Waals surface area contributed by atoms with Crippen LogP contribution in [-0.4, -0.2) is 37.8 Å². The van der Waals surface area contributed by atoms with E-state index in [1.165, 1.54) is 11.8 Å². The third kappa shape index (κ3) is 4.39. The van der Waals surface area contributed by atoms with E-state index in [4.69, 9.17) is 14.2 Å². The summed E-state index contributed by atoms with van der Waals surface area (Å²) < 4.78 is 16.3. The van der Waals surface area contributed by atoms with E-state index in [2.05, 4.69) is 0 Å². The molecular formula is C43H33NO7. The normalized spacial score (nSPS) is 23.4. The number of Topliss-reactive ketones (excluding diaryl/α,β-unsaturated/α-hetero) is 1. The molecule has 51 heavy (non-hydrogen) atoms. The van der Waals surface area contributed by atoms with Crippen LogP contribution in [0.5, 0.6) is 17.2 Å². The molecule has 3 aliphatic rings. The smallest absolute Gasteiger partial charge is 0.308 e. The summed E-state index contributed by atoms with van der Waals surface area (Å²) in [4.78, 5) is 59.2. The van der Waals surface area contributed by atoms with Gasteiger partial charge in [-0.1, -0.05) is 84.9 Å². The molecule has 0 N–H and O–H groups in total. The second kappa shape index (κ2) is 11.9. The molecule has 1 aliphatic heterocycles. The average molecular weight is 676 g/mol. The number of amides is 2. The molecule has 4 atom stereocenters. The highest BCUT2D eigenvalue weighted by Gasteiger charge is 2.82. The lowest BCUT2D eigenvalue weighted by Crippen LogP contribution is -2.45. The largest absolute Gasteiger partial charge is 0.497 e. The summed E-state index contributed by atoms with van der Waals surface area (Å²) >= 11 is 0. The number of imide groups is 1. The number of esters is 1. The lowest BCUT2D eigenvalue weighted by atomic mass is 9.59. The van der Waals surface area contributed by atoms with Crippen LogP contribution in [0.1, 0.15) is 29.2 Å². The van der Waals surface area contributed by atoms with Crippen LogP contribution in [0, 0.1) is 11.8 Å². The Morgan fingerprint density at radius 3 is 1.31 bits per heavy atom. The summed E-state index contributed by atoms with van der Waals surface area (Å²) in [6.45, 7) is 1.30. The Morgan fingerprint density at radius 1 is 0.549 bits per heavy atom. The number of methoxy groups -OCH3 is 2. The van der Waals surface area contributed by atoms with Gasteiger partial charge in [0.05, 0.1) is 42.6 Å². The van der Waals surface area contributed by atoms with Gasteiger partial charge in [-0.05, 0) is 81.9 Å². The monoisotopic (exact) mass is 675 g/mol. The van der Waals surface area contributed by atoms with Gasteiger partial charge >= 0.3 is 5.97 Å². The van der Waals surface area contributed by atoms with Crippen molar-refractivity contribution in [2.45, 2.75) is 17.8 Å². The van der Waals surface area contributed by atoms with E-state index < -0.39 is 40.4 Å². The molecule has 2 bridgehead atoms. The number of anilines is 1. The predicted octanol–water partition coefficient (Wildman–Crippen LogP) is 6.82. The van der Waals surface area contributed by atoms with Crippen molar-refractivity contribution in [1.82, 2.24) is 0 Å². The second-order valence-electron chi connectivity index (χ2n) is 12.9. The van der Waals surface area contributed by atoms with E-state index in [0.29, 0.717) is 39.5 Å². The zero-order valence-electron chi connectivity index (χ0n) is 28.2. The summed E-state index contributed by atoms with van der Waals surface area (Å²) in [5.41, 5.74) is 1.30. The summed E-state index contributed by atoms with van der Waals surface area (Å²) in [6.07, 6.45) is 0. The van der Waals surface area contributed by atoms with Crippen molar-refractivity contribution < 1.29 is 33.4 Å². The number of nitrogens with zero attached hydrogens (tertiary/aromatic N) is 1. The number of hydrogen-bond acceptors (Lipinski definition) is 7. The van der Waals surface area contributed by atoms with E-state index in [9.17, 15) is 4.79 Å². The van der Waals surface area contributed by atoms with Gasteiger partial charge in [0.2, 0.25) is 11.8 Å². The van der Waals surface area contributed by atoms with Crippen LogP contribution in [0.3, 0.4) is 0 Å². The van der Waals surface area contributed by atoms with E-state index in [-0.39, 0.29) is 11.5 Å². The molecule has 5 aromatic rings. The van der Waals surface area contributed by atoms with Gasteiger partial charge in [-0.2, -0.15) is 0 Å². The Balaban J connectivity index is 1.48. The standard InChI is InChI=1S/C43H33NO7/c1-26(45)51-34-24-18-31(19-25-34)44-39(46)37-38(40(44)47)43(30-12-8-5-9-13-30)36(28-16-22-33(50-3)23-17-28)35(27-14-20-32(49-2)21-15-27)42(37,41(43)48)29-10-6-4-7-11-29/h4-25,37-38H,1-3H3/t37-,38+,42+,43-. The van der Waals surface area contributed by atoms with Crippen LogP contribution in [-0.2, 0) is 30.0 Å². The Kier molecular flexibility index (Phi) is 7.49. The van der Waals surface area contributed by atoms with Crippen molar-refractivity contribution in [1.29, 1.82) is 0 Å². The molecule has 2 amide bonds. The van der Waals surface area contributed by atoms with Crippen molar-refractivity contribution in [3.8, 4) is 17.2 Å². The molecule has 5 aromatic carbocycles. The zero-order valence-corrected chi connectivity index (χ0v) is 28.2. The summed E-state index contributed by atoms with van der Waals surface area (Å²) in [5.74, 6) is -2.24. The number of carbonyl (C=O) groups is 4. The van der Waals surface area contributed by atoms with Gasteiger partial charge < -0.3 is 14.2 Å². The van der Waals surface area contributed by atoms with Crippen LogP contribution < -0.4 is 19.1 Å². The highest BCUT2D eigenvalue weighted by molar-refractivity contribution is 6.39. The quantitative estimate of drug-likeness (QED) is 0.101. The molecule has 0 radical (unpaired) electrons. The number of hydrogen-bond donors (Lipinski definition) is 0. The number of allylic oxidation sites excluding steroid dienone is 2. The Labute approximate surface area is 294 Å². The van der Waals surface area contributed by atoms with Gasteiger partial charge in [0.1, 0.15) is 17.2 Å². The lowest BCUT2D eigenvalue weighted by Gasteiger charge is -2.39. The summed E-state index contributed by atoms with van der Waals surface area (Å²) in [5, 5.41) is 0. The molecule has 2 fully saturated rings. The number of carbonyl (C=O) groups excluding carboxylic acids is 4. The predicted molar refractivity (Wildman–Crippen MR) is 191 cm³/mol. The first kappa shape index (κ1) is 32.0. The number of ketones is 1. The van der Waals surface area contributed by atoms with Gasteiger partial charge in [-0.15, -0.1) is 0 Å². The molecule has 2 aliphatic carbocycles. The van der Waals surface area contributed by atoms with Crippen molar-refractivity contribution in [2.75, 3.05) is 19.1 Å². The first-order chi connectivity index (χ1) is 24.8. The van der Waals surface area contributed by atoms with E-state index in [1.54, 1.807) is 38.5 Å². The van der Waals surface area contributed by atoms with Gasteiger partial charge in [0, 0.05) is 6.92 Å². The molecule has 0 spiro atoms. The highest BCUT2D eigenvalue weighted by atomic mass is 16.5. The van der Waals surface area contributed by atoms with Gasteiger partial charge in [-0.3, -0.25) is 19.2 Å². The molecule has 1 heterocycles. The zero-order chi connectivity index (χ0) is 35.5. The van der Waals surface area contributed by atoms with E-state index in [0.717, 1.165) is 11.1 Å². The number of rotatable bonds is 8. The fourth-order valence-corrected chi connectivity index (χ4v) is 8.72. The molecule has 0 aromatic heterocycles. The van der Waals surface area contributed by atoms with E-state index in [1.807, 2.05) is 109 Å². The average Bonchev–Trinajstić information content (AvgIpc) is 3.68. The maximum Gasteiger partial charge on any atom is 0.308 e. The van der Waals surface area contributed by atoms with Crippen LogP contribution in [0.25, 0.3) is 11.1 Å². The van der Waals surface area contributed by atoms with E-state index >= 15 is 14.4 Å². The minimum atomic E-state index is -1.55. The Bertz CT molecular complexity index is 2100. The highest BCUT2D eigenvalue weighted by Crippen LogP contribution is 2.74. The van der Waals surface area contributed by atoms with Gasteiger partial charge in [0.15, 0.2) is 5.78 Å². The first-order valence-electron chi connectivity index (χ1n) is 16.6. The fourth-order valence-electron chi connectivity index (χ4n) is 8.72. The van der Waals surface area contributed by atoms with Crippen LogP contribution >= 0.6 is 0 Å². The third-order valence-electron chi connectivity index (χ3n) is 10.6. The minimum Gasteiger partial charge on any atom is -0.497 e. The fraction of sp³-hybridized carbons (Fsp3) is 0.163. The van der Waals surface area contributed by atoms with Crippen LogP contribution in [0.4, 0.5) is 5.69 Å². The van der Waals surface area contributed by atoms with Gasteiger partial charge in [0.25, 0.3) is 0 Å². The number of ether oxygens (including phenoxy) is 3. The maximum atomic E-state index is 16.1. The molecule has 1 saturated carbocycles. The van der Waals surface area contributed by atoms with Crippen molar-refractivity contribution in [2.24, 2.45) is 11.8 Å². The molecule has 1 saturated heterocycles. The molecule has 252 valence electrons. The maximum absolute atomic E-state index is 16.1. The number of fused-ring (bicyclic) bond motifs is 5. The Morgan fingerprint density at radius 2 is 0.941 bits per heavy atom. The van der Waals surface area contributed by atoms with Gasteiger partial charge in [-0.25, -0.2) is 4.90 Å². The summed E-state index contributed by atoms with van der Waals surface area (Å²) in [6, 6.07) is 40.0. The van der Waals surface area contributed by atoms with Crippen LogP contribution in [0.2, 0.25) is 0 Å². The molecular weight excluding hydrogens is 642 g/mol. The van der Waals surface area contributed by atoms with Crippen molar-refractivity contribution >= 4 is 40.4 Å². The molecule has 8 nitrogen and oxygen atoms in total. The third-order valence-corrected chi connectivity index (χ3v) is 10.6. The topological polar surface area (TPSA) is 99.2 Å². The Hall–Kier alpha value is -6.28. The summed E-state index contributed by atoms with van der Waals surface area (Å²) in [7, 11) is 3.18. The van der Waals surface area contributed by atoms with Crippen LogP contribution in [0.15, 0.2) is 133 Å². The first-order valence-corrected chi connectivity index (χ1v) is 16.6.